The molecule has 0 radical (unpaired) electrons. The molecule has 234 valence electrons. The lowest BCUT2D eigenvalue weighted by molar-refractivity contribution is -0.140. The molecular weight excluding hydrogens is 603 g/mol. The van der Waals surface area contributed by atoms with Gasteiger partial charge in [0.05, 0.1) is 36.8 Å². The average Bonchev–Trinajstić information content (AvgIpc) is 3.81. The Balaban J connectivity index is 1.18. The van der Waals surface area contributed by atoms with Gasteiger partial charge in [-0.1, -0.05) is 36.4 Å². The maximum Gasteiger partial charge on any atom is 0.234 e. The van der Waals surface area contributed by atoms with E-state index < -0.39 is 23.4 Å². The van der Waals surface area contributed by atoms with Crippen LogP contribution in [0.25, 0.3) is 11.6 Å². The third-order valence-electron chi connectivity index (χ3n) is 9.13. The van der Waals surface area contributed by atoms with Gasteiger partial charge in [0, 0.05) is 17.0 Å². The van der Waals surface area contributed by atoms with Gasteiger partial charge in [0.2, 0.25) is 11.8 Å². The van der Waals surface area contributed by atoms with Crippen LogP contribution in [0.3, 0.4) is 0 Å². The predicted octanol–water partition coefficient (Wildman–Crippen LogP) is 6.90. The number of amides is 2. The van der Waals surface area contributed by atoms with Crippen molar-refractivity contribution in [3.8, 4) is 11.5 Å². The van der Waals surface area contributed by atoms with Gasteiger partial charge in [-0.25, -0.2) is 4.39 Å². The fourth-order valence-electron chi connectivity index (χ4n) is 7.00. The molecule has 46 heavy (non-hydrogen) atoms. The van der Waals surface area contributed by atoms with Crippen molar-refractivity contribution in [1.82, 2.24) is 9.88 Å². The third-order valence-corrected chi connectivity index (χ3v) is 9.99. The summed E-state index contributed by atoms with van der Waals surface area (Å²) in [5.41, 5.74) is 4.34. The van der Waals surface area contributed by atoms with E-state index >= 15 is 0 Å². The number of halogens is 1. The Morgan fingerprint density at radius 2 is 1.89 bits per heavy atom. The number of phenols is 1. The summed E-state index contributed by atoms with van der Waals surface area (Å²) in [6.45, 7) is 0.954. The first-order valence-corrected chi connectivity index (χ1v) is 16.3. The number of fused-ring (bicyclic) bond motifs is 3. The summed E-state index contributed by atoms with van der Waals surface area (Å²) in [6, 6.07) is 23.4. The fraction of sp³-hybridized carbons (Fsp3) is 0.270. The molecule has 2 saturated heterocycles. The Morgan fingerprint density at radius 1 is 1.04 bits per heavy atom. The lowest BCUT2D eigenvalue weighted by Gasteiger charge is -2.31. The number of carbonyl (C=O) groups is 2. The molecule has 9 heteroatoms. The summed E-state index contributed by atoms with van der Waals surface area (Å²) >= 11 is 1.54. The van der Waals surface area contributed by atoms with Gasteiger partial charge in [0.15, 0.2) is 11.6 Å². The number of imide groups is 1. The van der Waals surface area contributed by atoms with Crippen LogP contribution in [0.2, 0.25) is 0 Å². The van der Waals surface area contributed by atoms with Crippen LogP contribution < -0.4 is 4.74 Å². The van der Waals surface area contributed by atoms with Crippen molar-refractivity contribution in [2.75, 3.05) is 13.2 Å². The van der Waals surface area contributed by atoms with Gasteiger partial charge in [-0.2, -0.15) is 0 Å². The van der Waals surface area contributed by atoms with Crippen LogP contribution >= 0.6 is 11.3 Å². The first kappa shape index (κ1) is 30.1. The van der Waals surface area contributed by atoms with E-state index in [1.165, 1.54) is 28.4 Å². The summed E-state index contributed by atoms with van der Waals surface area (Å²) in [4.78, 5) is 34.5. The number of rotatable bonds is 10. The summed E-state index contributed by atoms with van der Waals surface area (Å²) < 4.78 is 26.9. The third kappa shape index (κ3) is 6.00. The zero-order valence-corrected chi connectivity index (χ0v) is 25.9. The molecule has 2 fully saturated rings. The summed E-state index contributed by atoms with van der Waals surface area (Å²) in [6.07, 6.45) is 4.93. The first-order chi connectivity index (χ1) is 22.5. The number of ether oxygens (including phenoxy) is 2. The van der Waals surface area contributed by atoms with E-state index in [-0.39, 0.29) is 23.8 Å². The van der Waals surface area contributed by atoms with Crippen LogP contribution in [0, 0.1) is 23.6 Å². The molecule has 1 aliphatic carbocycles. The molecule has 0 unspecified atom stereocenters. The largest absolute Gasteiger partial charge is 0.505 e. The number of nitrogens with zero attached hydrogens (tertiary/aromatic N) is 2. The summed E-state index contributed by atoms with van der Waals surface area (Å²) in [5.74, 6) is -1.71. The molecule has 2 amide bonds. The van der Waals surface area contributed by atoms with E-state index in [4.69, 9.17) is 9.47 Å². The highest BCUT2D eigenvalue weighted by atomic mass is 32.1. The topological polar surface area (TPSA) is 89.0 Å². The van der Waals surface area contributed by atoms with Crippen molar-refractivity contribution in [2.45, 2.75) is 31.9 Å². The number of allylic oxidation sites excluding steroid dienone is 1. The van der Waals surface area contributed by atoms with Crippen molar-refractivity contribution in [1.29, 1.82) is 0 Å². The van der Waals surface area contributed by atoms with E-state index in [1.54, 1.807) is 12.3 Å². The van der Waals surface area contributed by atoms with Gasteiger partial charge >= 0.3 is 0 Å². The van der Waals surface area contributed by atoms with Gasteiger partial charge < -0.3 is 14.6 Å². The van der Waals surface area contributed by atoms with Crippen LogP contribution in [0.4, 0.5) is 4.39 Å². The molecule has 2 aromatic carbocycles. The lowest BCUT2D eigenvalue weighted by Crippen LogP contribution is -2.35. The standard InChI is InChI=1S/C37H33FN2O5S/c38-30-18-23(11-13-32(30)41)17-24(31-10-4-5-15-39-31)12-14-33-34-25(21-44-26-7-2-1-3-8-26)19-28-35(29(34)22-45-33)37(43)40(36(28)42)20-27-9-6-16-46-27/h1-11,13,15-18,28-29,33,35,41H,12,14,19-22H2/b24-17-/t28-,29+,33-,35-/m1/s1. The maximum atomic E-state index is 14.2. The molecular formula is C37H33FN2O5S. The van der Waals surface area contributed by atoms with E-state index in [9.17, 15) is 19.1 Å². The Kier molecular flexibility index (Phi) is 8.51. The number of benzene rings is 2. The second-order valence-corrected chi connectivity index (χ2v) is 12.9. The minimum atomic E-state index is -0.690. The number of aromatic nitrogens is 1. The molecule has 1 N–H and O–H groups in total. The Morgan fingerprint density at radius 3 is 2.65 bits per heavy atom. The first-order valence-electron chi connectivity index (χ1n) is 15.5. The fourth-order valence-corrected chi connectivity index (χ4v) is 7.69. The van der Waals surface area contributed by atoms with Gasteiger partial charge in [-0.3, -0.25) is 19.5 Å². The van der Waals surface area contributed by atoms with Gasteiger partial charge in [0.25, 0.3) is 0 Å². The Labute approximate surface area is 270 Å². The number of carbonyl (C=O) groups excluding carboxylic acids is 2. The molecule has 4 atom stereocenters. The number of aromatic hydroxyl groups is 1. The Bertz CT molecular complexity index is 1790. The zero-order chi connectivity index (χ0) is 31.6. The number of pyridine rings is 1. The monoisotopic (exact) mass is 636 g/mol. The highest BCUT2D eigenvalue weighted by Crippen LogP contribution is 2.50. The molecule has 0 bridgehead atoms. The van der Waals surface area contributed by atoms with Crippen molar-refractivity contribution in [2.24, 2.45) is 17.8 Å². The number of phenolic OH excluding ortho intramolecular Hbond substituents is 1. The lowest BCUT2D eigenvalue weighted by atomic mass is 9.69. The van der Waals surface area contributed by atoms with Crippen molar-refractivity contribution < 1.29 is 28.6 Å². The zero-order valence-electron chi connectivity index (χ0n) is 25.1. The Hall–Kier alpha value is -4.60. The van der Waals surface area contributed by atoms with E-state index in [0.717, 1.165) is 33.0 Å². The quantitative estimate of drug-likeness (QED) is 0.150. The SMILES string of the molecule is O=C1[C@@H]2[C@@H](CC(COc3ccccc3)=C3[C@@H](CC/C(=C/c4ccc(O)c(F)c4)c4ccccn4)OC[C@@H]32)C(=O)N1Cc1cccs1. The summed E-state index contributed by atoms with van der Waals surface area (Å²) in [7, 11) is 0. The van der Waals surface area contributed by atoms with Crippen molar-refractivity contribution >= 4 is 34.8 Å². The normalized spacial score (nSPS) is 22.7. The predicted molar refractivity (Wildman–Crippen MR) is 173 cm³/mol. The highest BCUT2D eigenvalue weighted by molar-refractivity contribution is 7.09. The molecule has 7 rings (SSSR count). The number of para-hydroxylation sites is 1. The number of likely N-dealkylation sites (tertiary alicyclic amines) is 1. The minimum Gasteiger partial charge on any atom is -0.505 e. The molecule has 0 saturated carbocycles. The molecule has 0 spiro atoms. The summed E-state index contributed by atoms with van der Waals surface area (Å²) in [5, 5.41) is 11.6. The highest BCUT2D eigenvalue weighted by Gasteiger charge is 2.57. The van der Waals surface area contributed by atoms with Crippen LogP contribution in [0.1, 0.15) is 35.4 Å². The second kappa shape index (κ2) is 13.0. The van der Waals surface area contributed by atoms with Crippen molar-refractivity contribution in [3.63, 3.8) is 0 Å². The molecule has 7 nitrogen and oxygen atoms in total. The van der Waals surface area contributed by atoms with E-state index in [0.29, 0.717) is 44.6 Å². The van der Waals surface area contributed by atoms with Crippen LogP contribution in [-0.4, -0.2) is 46.1 Å². The molecule has 2 aliphatic heterocycles. The minimum absolute atomic E-state index is 0.121. The number of thiophene rings is 1. The molecule has 2 aromatic heterocycles. The molecule has 3 aliphatic rings. The van der Waals surface area contributed by atoms with E-state index in [1.807, 2.05) is 72.1 Å². The van der Waals surface area contributed by atoms with Crippen LogP contribution in [-0.2, 0) is 20.9 Å². The number of hydrogen-bond acceptors (Lipinski definition) is 7. The maximum absolute atomic E-state index is 14.2. The van der Waals surface area contributed by atoms with Crippen LogP contribution in [0.15, 0.2) is 102 Å². The van der Waals surface area contributed by atoms with Crippen LogP contribution in [0.5, 0.6) is 11.5 Å². The molecule has 4 heterocycles. The smallest absolute Gasteiger partial charge is 0.234 e. The van der Waals surface area contributed by atoms with Gasteiger partial charge in [-0.05, 0) is 95.5 Å². The van der Waals surface area contributed by atoms with E-state index in [2.05, 4.69) is 4.98 Å². The number of hydrogen-bond donors (Lipinski definition) is 1. The van der Waals surface area contributed by atoms with Crippen molar-refractivity contribution in [3.05, 3.63) is 124 Å². The van der Waals surface area contributed by atoms with Gasteiger partial charge in [-0.15, -0.1) is 11.3 Å². The molecule has 4 aromatic rings. The average molecular weight is 637 g/mol. The van der Waals surface area contributed by atoms with Gasteiger partial charge in [0.1, 0.15) is 12.4 Å². The second-order valence-electron chi connectivity index (χ2n) is 11.9.